The van der Waals surface area contributed by atoms with Crippen LogP contribution >= 0.6 is 0 Å². The van der Waals surface area contributed by atoms with E-state index in [9.17, 15) is 15.1 Å². The third-order valence-corrected chi connectivity index (χ3v) is 8.86. The molecular formula is C48H30O. The van der Waals surface area contributed by atoms with Crippen molar-refractivity contribution in [3.05, 3.63) is 191 Å². The second-order valence-electron chi connectivity index (χ2n) is 11.3. The number of rotatable bonds is 2. The quantitative estimate of drug-likeness (QED) is 0.170. The minimum Gasteiger partial charge on any atom is -0.456 e. The minimum absolute atomic E-state index is 0.415. The standard InChI is InChI=1S/C48H30O/c1-2-14-31-28-44-42(26-30(31)13-1)48-40(22-11-23-43(48)49-44)46-36-18-7-9-20-38(36)47(39-21-10-8-19-37(39)46)41-27-32-25-24-29-12-3-4-15-33(29)45(32)35-17-6-5-16-34(35)41/h1-28,32,45H/i1D,2D,3D,4D,5D,6D,7D,8D,9D,10D,11D,12D,13D,14D,15D,16D,17D,18D,19D,20D,21D,22D,23D,24D,25D,26D,27D,28D. The molecular weight excluding hydrogens is 593 g/mol. The summed E-state index contributed by atoms with van der Waals surface area (Å²) in [6, 6.07) is -24.8. The number of allylic oxidation sites excluding steroid dienone is 2. The zero-order valence-electron chi connectivity index (χ0n) is 52.6. The molecule has 0 saturated heterocycles. The van der Waals surface area contributed by atoms with Gasteiger partial charge in [-0.25, -0.2) is 0 Å². The molecule has 49 heavy (non-hydrogen) atoms. The van der Waals surface area contributed by atoms with E-state index in [2.05, 4.69) is 0 Å². The van der Waals surface area contributed by atoms with Crippen molar-refractivity contribution in [3.63, 3.8) is 0 Å². The molecule has 0 fully saturated rings. The van der Waals surface area contributed by atoms with Gasteiger partial charge in [0, 0.05) is 22.6 Å². The molecule has 2 atom stereocenters. The fraction of sp³-hybridized carbons (Fsp3) is 0.0417. The van der Waals surface area contributed by atoms with E-state index in [1.165, 1.54) is 0 Å². The van der Waals surface area contributed by atoms with Crippen LogP contribution in [0.2, 0.25) is 0 Å². The Hall–Kier alpha value is -6.18. The Morgan fingerprint density at radius 3 is 1.88 bits per heavy atom. The van der Waals surface area contributed by atoms with Crippen LogP contribution < -0.4 is 0 Å². The van der Waals surface area contributed by atoms with Crippen LogP contribution in [0.4, 0.5) is 0 Å². The first-order valence-electron chi connectivity index (χ1n) is 28.9. The SMILES string of the molecule is [2H]C1=C([2H])C2C([2H])=C(c3c4c([2H])c([2H])c([2H])c([2H])c4c(-c4c([2H])c([2H])c([2H])c5oc6c([2H])c7c([2H])c([2H])c([2H])c([2H])c7c([2H])c6c45)c4c([2H])c([2H])c([2H])c([2H])c34)c3c([2H])c([2H])c([2H])c([2H])c3C2c2c([2H])c([2H])c([2H])c([2H])c21. The Bertz CT molecular complexity index is 4410. The van der Waals surface area contributed by atoms with E-state index < -0.39 is 280 Å². The van der Waals surface area contributed by atoms with Gasteiger partial charge in [0.05, 0.1) is 38.4 Å². The van der Waals surface area contributed by atoms with Crippen molar-refractivity contribution in [3.8, 4) is 11.1 Å². The smallest absolute Gasteiger partial charge is 0.136 e. The van der Waals surface area contributed by atoms with Gasteiger partial charge in [0.25, 0.3) is 0 Å². The monoisotopic (exact) mass is 650 g/mol. The predicted octanol–water partition coefficient (Wildman–Crippen LogP) is 12.9. The highest BCUT2D eigenvalue weighted by Gasteiger charge is 2.34. The number of fused-ring (bicyclic) bond motifs is 11. The van der Waals surface area contributed by atoms with Crippen molar-refractivity contribution in [1.29, 1.82) is 0 Å². The van der Waals surface area contributed by atoms with Crippen LogP contribution in [0.1, 0.15) is 72.1 Å². The third-order valence-electron chi connectivity index (χ3n) is 8.86. The van der Waals surface area contributed by atoms with Crippen LogP contribution in [0.15, 0.2) is 168 Å². The van der Waals surface area contributed by atoms with Crippen molar-refractivity contribution < 1.29 is 42.8 Å². The Kier molecular flexibility index (Phi) is 2.38. The molecule has 2 aliphatic carbocycles. The van der Waals surface area contributed by atoms with Gasteiger partial charge >= 0.3 is 0 Å². The van der Waals surface area contributed by atoms with Gasteiger partial charge in [0.15, 0.2) is 0 Å². The second kappa shape index (κ2) is 10.2. The fourth-order valence-corrected chi connectivity index (χ4v) is 6.89. The van der Waals surface area contributed by atoms with E-state index in [-0.39, 0.29) is 0 Å². The number of furan rings is 1. The number of hydrogen-bond donors (Lipinski definition) is 0. The van der Waals surface area contributed by atoms with E-state index in [0.29, 0.717) is 0 Å². The molecule has 11 rings (SSSR count). The van der Waals surface area contributed by atoms with Crippen LogP contribution in [0.25, 0.3) is 77.0 Å². The molecule has 0 bridgehead atoms. The van der Waals surface area contributed by atoms with Crippen LogP contribution in [0.5, 0.6) is 0 Å². The highest BCUT2D eigenvalue weighted by Crippen LogP contribution is 2.52. The molecule has 0 amide bonds. The van der Waals surface area contributed by atoms with Gasteiger partial charge in [-0.1, -0.05) is 151 Å². The second-order valence-corrected chi connectivity index (χ2v) is 11.3. The molecule has 0 saturated carbocycles. The summed E-state index contributed by atoms with van der Waals surface area (Å²) in [5, 5.41) is -5.02. The summed E-state index contributed by atoms with van der Waals surface area (Å²) in [4.78, 5) is 0. The fourth-order valence-electron chi connectivity index (χ4n) is 6.89. The number of hydrogen-bond acceptors (Lipinski definition) is 1. The lowest BCUT2D eigenvalue weighted by Gasteiger charge is -2.35. The Balaban J connectivity index is 1.46. The van der Waals surface area contributed by atoms with E-state index in [1.807, 2.05) is 0 Å². The highest BCUT2D eigenvalue weighted by atomic mass is 16.3. The summed E-state index contributed by atoms with van der Waals surface area (Å²) in [6.07, 6.45) is 0. The average molecular weight is 651 g/mol. The maximum atomic E-state index is 10.2. The summed E-state index contributed by atoms with van der Waals surface area (Å²) in [5.74, 6) is -3.65. The van der Waals surface area contributed by atoms with E-state index >= 15 is 0 Å². The molecule has 228 valence electrons. The van der Waals surface area contributed by atoms with E-state index in [4.69, 9.17) is 27.7 Å². The molecule has 2 unspecified atom stereocenters. The van der Waals surface area contributed by atoms with Crippen LogP contribution in [0.3, 0.4) is 0 Å². The first-order valence-corrected chi connectivity index (χ1v) is 14.9. The van der Waals surface area contributed by atoms with Gasteiger partial charge in [-0.2, -0.15) is 0 Å². The molecule has 8 aromatic carbocycles. The van der Waals surface area contributed by atoms with Gasteiger partial charge in [-0.15, -0.1) is 0 Å². The summed E-state index contributed by atoms with van der Waals surface area (Å²) in [7, 11) is 0. The third kappa shape index (κ3) is 3.82. The average Bonchev–Trinajstić information content (AvgIpc) is 3.81. The largest absolute Gasteiger partial charge is 0.456 e. The molecule has 0 aliphatic heterocycles. The maximum Gasteiger partial charge on any atom is 0.136 e. The van der Waals surface area contributed by atoms with Gasteiger partial charge in [0.1, 0.15) is 11.2 Å². The van der Waals surface area contributed by atoms with Crippen molar-refractivity contribution in [2.24, 2.45) is 5.92 Å². The van der Waals surface area contributed by atoms with Crippen LogP contribution in [-0.4, -0.2) is 0 Å². The van der Waals surface area contributed by atoms with Crippen molar-refractivity contribution in [2.45, 2.75) is 5.92 Å². The van der Waals surface area contributed by atoms with Gasteiger partial charge in [-0.05, 0) is 95.0 Å². The first kappa shape index (κ1) is 11.5. The topological polar surface area (TPSA) is 13.1 Å². The molecule has 1 aromatic heterocycles. The van der Waals surface area contributed by atoms with Gasteiger partial charge in [-0.3, -0.25) is 0 Å². The molecule has 1 nitrogen and oxygen atoms in total. The lowest BCUT2D eigenvalue weighted by Crippen LogP contribution is -2.20. The molecule has 1 heterocycles. The molecule has 1 heteroatoms. The maximum absolute atomic E-state index is 10.2. The number of benzene rings is 8. The zero-order chi connectivity index (χ0) is 56.4. The van der Waals surface area contributed by atoms with Crippen LogP contribution in [0, 0.1) is 5.92 Å². The van der Waals surface area contributed by atoms with Crippen molar-refractivity contribution in [1.82, 2.24) is 0 Å². The summed E-state index contributed by atoms with van der Waals surface area (Å²) < 4.78 is 262. The first-order chi connectivity index (χ1) is 36.0. The van der Waals surface area contributed by atoms with Crippen molar-refractivity contribution in [2.75, 3.05) is 0 Å². The normalized spacial score (nSPS) is 25.2. The van der Waals surface area contributed by atoms with E-state index in [0.717, 1.165) is 0 Å². The molecule has 9 aromatic rings. The van der Waals surface area contributed by atoms with E-state index in [1.54, 1.807) is 0 Å². The summed E-state index contributed by atoms with van der Waals surface area (Å²) in [5.41, 5.74) is -6.15. The Morgan fingerprint density at radius 1 is 0.490 bits per heavy atom. The molecule has 0 N–H and O–H groups in total. The Labute approximate surface area is 323 Å². The predicted molar refractivity (Wildman–Crippen MR) is 206 cm³/mol. The molecule has 2 aliphatic rings. The molecule has 0 radical (unpaired) electrons. The lowest BCUT2D eigenvalue weighted by atomic mass is 9.68. The zero-order valence-corrected chi connectivity index (χ0v) is 24.6. The molecule has 0 spiro atoms. The lowest BCUT2D eigenvalue weighted by molar-refractivity contribution is 0.668. The van der Waals surface area contributed by atoms with Gasteiger partial charge < -0.3 is 4.42 Å². The van der Waals surface area contributed by atoms with Crippen molar-refractivity contribution >= 4 is 65.9 Å². The minimum atomic E-state index is -1.90. The summed E-state index contributed by atoms with van der Waals surface area (Å²) in [6.45, 7) is 0. The Morgan fingerprint density at radius 2 is 1.10 bits per heavy atom. The highest BCUT2D eigenvalue weighted by molar-refractivity contribution is 6.25. The van der Waals surface area contributed by atoms with Crippen LogP contribution in [-0.2, 0) is 0 Å². The van der Waals surface area contributed by atoms with Gasteiger partial charge in [0.2, 0.25) is 0 Å². The summed E-state index contributed by atoms with van der Waals surface area (Å²) >= 11 is 0.